The first kappa shape index (κ1) is 10.2. The van der Waals surface area contributed by atoms with Gasteiger partial charge in [-0.3, -0.25) is 10.1 Å². The van der Waals surface area contributed by atoms with Crippen molar-refractivity contribution in [3.8, 4) is 0 Å². The van der Waals surface area contributed by atoms with Crippen LogP contribution in [0.15, 0.2) is 18.2 Å². The van der Waals surface area contributed by atoms with Crippen LogP contribution >= 0.6 is 11.6 Å². The standard InChI is InChI=1S/C10H11ClN2O2/c1-10(4-5-10)12-8-3-2-7(11)6-9(8)13(14)15/h2-3,6,12H,4-5H2,1H3. The monoisotopic (exact) mass is 226 g/mol. The number of nitrogens with one attached hydrogen (secondary N) is 1. The molecule has 0 amide bonds. The van der Waals surface area contributed by atoms with E-state index in [9.17, 15) is 10.1 Å². The lowest BCUT2D eigenvalue weighted by Crippen LogP contribution is -2.16. The number of benzene rings is 1. The fraction of sp³-hybridized carbons (Fsp3) is 0.400. The molecule has 80 valence electrons. The van der Waals surface area contributed by atoms with E-state index in [2.05, 4.69) is 5.32 Å². The molecule has 1 fully saturated rings. The predicted molar refractivity (Wildman–Crippen MR) is 59.4 cm³/mol. The molecule has 0 bridgehead atoms. The summed E-state index contributed by atoms with van der Waals surface area (Å²) in [6, 6.07) is 4.68. The maximum Gasteiger partial charge on any atom is 0.293 e. The molecule has 1 aliphatic rings. The van der Waals surface area contributed by atoms with Crippen LogP contribution in [-0.4, -0.2) is 10.5 Å². The molecule has 0 aromatic heterocycles. The summed E-state index contributed by atoms with van der Waals surface area (Å²) in [5.74, 6) is 0. The Kier molecular flexibility index (Phi) is 2.31. The lowest BCUT2D eigenvalue weighted by molar-refractivity contribution is -0.384. The highest BCUT2D eigenvalue weighted by Crippen LogP contribution is 2.40. The Balaban J connectivity index is 2.32. The van der Waals surface area contributed by atoms with E-state index in [0.717, 1.165) is 12.8 Å². The van der Waals surface area contributed by atoms with Crippen molar-refractivity contribution in [3.63, 3.8) is 0 Å². The van der Waals surface area contributed by atoms with Crippen LogP contribution in [0.4, 0.5) is 11.4 Å². The maximum absolute atomic E-state index is 10.8. The van der Waals surface area contributed by atoms with Crippen molar-refractivity contribution in [1.82, 2.24) is 0 Å². The van der Waals surface area contributed by atoms with Gasteiger partial charge in [-0.1, -0.05) is 11.6 Å². The van der Waals surface area contributed by atoms with E-state index in [4.69, 9.17) is 11.6 Å². The summed E-state index contributed by atoms with van der Waals surface area (Å²) in [6.07, 6.45) is 2.10. The second-order valence-electron chi connectivity index (χ2n) is 4.10. The number of rotatable bonds is 3. The summed E-state index contributed by atoms with van der Waals surface area (Å²) in [4.78, 5) is 10.4. The molecule has 1 aliphatic carbocycles. The van der Waals surface area contributed by atoms with Crippen LogP contribution in [0.3, 0.4) is 0 Å². The molecular weight excluding hydrogens is 216 g/mol. The van der Waals surface area contributed by atoms with Crippen molar-refractivity contribution in [3.05, 3.63) is 33.3 Å². The zero-order chi connectivity index (χ0) is 11.1. The summed E-state index contributed by atoms with van der Waals surface area (Å²) in [5.41, 5.74) is 0.610. The van der Waals surface area contributed by atoms with Gasteiger partial charge < -0.3 is 5.32 Å². The van der Waals surface area contributed by atoms with Crippen LogP contribution in [0.5, 0.6) is 0 Å². The van der Waals surface area contributed by atoms with Gasteiger partial charge in [0.15, 0.2) is 0 Å². The van der Waals surface area contributed by atoms with E-state index >= 15 is 0 Å². The third kappa shape index (κ3) is 2.21. The normalized spacial score (nSPS) is 17.2. The van der Waals surface area contributed by atoms with Crippen molar-refractivity contribution in [1.29, 1.82) is 0 Å². The lowest BCUT2D eigenvalue weighted by Gasteiger charge is -2.13. The average molecular weight is 227 g/mol. The molecule has 1 N–H and O–H groups in total. The Morgan fingerprint density at radius 2 is 2.20 bits per heavy atom. The van der Waals surface area contributed by atoms with Gasteiger partial charge >= 0.3 is 0 Å². The first-order valence-corrected chi connectivity index (χ1v) is 5.10. The van der Waals surface area contributed by atoms with Crippen LogP contribution < -0.4 is 5.32 Å². The molecule has 1 saturated carbocycles. The molecule has 1 aromatic carbocycles. The van der Waals surface area contributed by atoms with E-state index in [-0.39, 0.29) is 11.2 Å². The smallest absolute Gasteiger partial charge is 0.293 e. The van der Waals surface area contributed by atoms with Crippen LogP contribution in [0.1, 0.15) is 19.8 Å². The average Bonchev–Trinajstić information content (AvgIpc) is 2.87. The molecule has 1 aromatic rings. The van der Waals surface area contributed by atoms with Gasteiger partial charge in [0.05, 0.1) is 4.92 Å². The molecule has 2 rings (SSSR count). The van der Waals surface area contributed by atoms with Gasteiger partial charge in [0, 0.05) is 16.6 Å². The number of hydrogen-bond donors (Lipinski definition) is 1. The fourth-order valence-corrected chi connectivity index (χ4v) is 1.57. The number of nitro groups is 1. The van der Waals surface area contributed by atoms with Gasteiger partial charge in [-0.25, -0.2) is 0 Å². The SMILES string of the molecule is CC1(Nc2ccc(Cl)cc2[N+](=O)[O-])CC1. The Morgan fingerprint density at radius 3 is 2.73 bits per heavy atom. The first-order valence-electron chi connectivity index (χ1n) is 4.72. The van der Waals surface area contributed by atoms with Crippen molar-refractivity contribution >= 4 is 23.0 Å². The maximum atomic E-state index is 10.8. The van der Waals surface area contributed by atoms with Crippen molar-refractivity contribution < 1.29 is 4.92 Å². The second-order valence-corrected chi connectivity index (χ2v) is 4.54. The molecule has 15 heavy (non-hydrogen) atoms. The molecule has 0 radical (unpaired) electrons. The summed E-state index contributed by atoms with van der Waals surface area (Å²) in [7, 11) is 0. The highest BCUT2D eigenvalue weighted by molar-refractivity contribution is 6.30. The Labute approximate surface area is 92.4 Å². The number of anilines is 1. The Morgan fingerprint density at radius 1 is 1.53 bits per heavy atom. The summed E-state index contributed by atoms with van der Waals surface area (Å²) in [5, 5.41) is 14.3. The fourth-order valence-electron chi connectivity index (χ4n) is 1.40. The molecular formula is C10H11ClN2O2. The van der Waals surface area contributed by atoms with Gasteiger partial charge in [0.2, 0.25) is 0 Å². The van der Waals surface area contributed by atoms with E-state index in [1.165, 1.54) is 6.07 Å². The highest BCUT2D eigenvalue weighted by atomic mass is 35.5. The minimum absolute atomic E-state index is 0.0264. The van der Waals surface area contributed by atoms with Gasteiger partial charge in [-0.2, -0.15) is 0 Å². The Hall–Kier alpha value is -1.29. The van der Waals surface area contributed by atoms with Crippen molar-refractivity contribution in [2.45, 2.75) is 25.3 Å². The van der Waals surface area contributed by atoms with E-state index in [1.54, 1.807) is 12.1 Å². The van der Waals surface area contributed by atoms with Crippen LogP contribution in [0.25, 0.3) is 0 Å². The molecule has 5 heteroatoms. The molecule has 0 heterocycles. The summed E-state index contributed by atoms with van der Waals surface area (Å²) in [6.45, 7) is 2.05. The zero-order valence-corrected chi connectivity index (χ0v) is 9.04. The third-order valence-corrected chi connectivity index (χ3v) is 2.83. The van der Waals surface area contributed by atoms with Gasteiger partial charge in [-0.05, 0) is 31.9 Å². The molecule has 0 atom stereocenters. The minimum Gasteiger partial charge on any atom is -0.374 e. The number of hydrogen-bond acceptors (Lipinski definition) is 3. The van der Waals surface area contributed by atoms with Gasteiger partial charge in [0.1, 0.15) is 5.69 Å². The molecule has 4 nitrogen and oxygen atoms in total. The topological polar surface area (TPSA) is 55.2 Å². The summed E-state index contributed by atoms with van der Waals surface area (Å²) < 4.78 is 0. The molecule has 0 unspecified atom stereocenters. The Bertz CT molecular complexity index is 416. The summed E-state index contributed by atoms with van der Waals surface area (Å²) >= 11 is 5.72. The lowest BCUT2D eigenvalue weighted by atomic mass is 10.2. The minimum atomic E-state index is -0.417. The third-order valence-electron chi connectivity index (χ3n) is 2.59. The van der Waals surface area contributed by atoms with Gasteiger partial charge in [0.25, 0.3) is 5.69 Å². The number of nitro benzene ring substituents is 1. The van der Waals surface area contributed by atoms with Crippen molar-refractivity contribution in [2.24, 2.45) is 0 Å². The predicted octanol–water partition coefficient (Wildman–Crippen LogP) is 3.21. The molecule has 0 saturated heterocycles. The quantitative estimate of drug-likeness (QED) is 0.636. The van der Waals surface area contributed by atoms with Crippen LogP contribution in [0.2, 0.25) is 5.02 Å². The zero-order valence-electron chi connectivity index (χ0n) is 8.29. The van der Waals surface area contributed by atoms with E-state index in [1.807, 2.05) is 6.92 Å². The largest absolute Gasteiger partial charge is 0.374 e. The van der Waals surface area contributed by atoms with Crippen LogP contribution in [-0.2, 0) is 0 Å². The molecule has 0 aliphatic heterocycles. The first-order chi connectivity index (χ1) is 7.00. The van der Waals surface area contributed by atoms with E-state index in [0.29, 0.717) is 10.7 Å². The molecule has 0 spiro atoms. The number of halogens is 1. The second kappa shape index (κ2) is 3.38. The van der Waals surface area contributed by atoms with Gasteiger partial charge in [-0.15, -0.1) is 0 Å². The van der Waals surface area contributed by atoms with Crippen LogP contribution in [0, 0.1) is 10.1 Å². The highest BCUT2D eigenvalue weighted by Gasteiger charge is 2.38. The van der Waals surface area contributed by atoms with Crippen molar-refractivity contribution in [2.75, 3.05) is 5.32 Å². The number of nitrogens with zero attached hydrogens (tertiary/aromatic N) is 1. The van der Waals surface area contributed by atoms with E-state index < -0.39 is 4.92 Å².